The molecule has 0 spiro atoms. The molecule has 21 heavy (non-hydrogen) atoms. The predicted octanol–water partition coefficient (Wildman–Crippen LogP) is 3.73. The van der Waals surface area contributed by atoms with E-state index in [2.05, 4.69) is 29.8 Å². The quantitative estimate of drug-likeness (QED) is 0.772. The number of piperidine rings is 1. The van der Waals surface area contributed by atoms with Crippen LogP contribution in [0.1, 0.15) is 25.8 Å². The van der Waals surface area contributed by atoms with E-state index >= 15 is 0 Å². The molecule has 4 heteroatoms. The van der Waals surface area contributed by atoms with Crippen molar-refractivity contribution in [3.05, 3.63) is 33.8 Å². The summed E-state index contributed by atoms with van der Waals surface area (Å²) >= 11 is 3.46. The van der Waals surface area contributed by atoms with Gasteiger partial charge in [0.2, 0.25) is 0 Å². The fourth-order valence-corrected chi connectivity index (χ4v) is 3.68. The van der Waals surface area contributed by atoms with Crippen molar-refractivity contribution >= 4 is 27.9 Å². The lowest BCUT2D eigenvalue weighted by molar-refractivity contribution is -0.130. The second kappa shape index (κ2) is 5.84. The molecule has 2 atom stereocenters. The molecule has 1 saturated heterocycles. The molecule has 1 aromatic rings. The highest BCUT2D eigenvalue weighted by atomic mass is 79.9. The predicted molar refractivity (Wildman–Crippen MR) is 87.1 cm³/mol. The van der Waals surface area contributed by atoms with Crippen LogP contribution >= 0.6 is 15.9 Å². The number of carbonyl (C=O) groups is 1. The summed E-state index contributed by atoms with van der Waals surface area (Å²) in [6.45, 7) is 6.51. The molecule has 1 aromatic carbocycles. The van der Waals surface area contributed by atoms with E-state index in [1.165, 1.54) is 6.42 Å². The van der Waals surface area contributed by atoms with Crippen LogP contribution in [0.25, 0.3) is 6.08 Å². The highest BCUT2D eigenvalue weighted by Gasteiger charge is 2.28. The van der Waals surface area contributed by atoms with Crippen molar-refractivity contribution in [2.75, 3.05) is 19.7 Å². The molecule has 0 bridgehead atoms. The highest BCUT2D eigenvalue weighted by molar-refractivity contribution is 9.10. The molecule has 1 amide bonds. The van der Waals surface area contributed by atoms with Gasteiger partial charge in [-0.25, -0.2) is 0 Å². The fourth-order valence-electron chi connectivity index (χ4n) is 3.30. The molecule has 2 unspecified atom stereocenters. The van der Waals surface area contributed by atoms with E-state index in [0.717, 1.165) is 34.4 Å². The van der Waals surface area contributed by atoms with E-state index in [9.17, 15) is 4.79 Å². The first-order valence-corrected chi connectivity index (χ1v) is 8.24. The lowest BCUT2D eigenvalue weighted by Crippen LogP contribution is -2.44. The largest absolute Gasteiger partial charge is 0.488 e. The van der Waals surface area contributed by atoms with E-state index in [0.29, 0.717) is 18.4 Å². The first-order valence-electron chi connectivity index (χ1n) is 7.45. The smallest absolute Gasteiger partial charge is 0.253 e. The van der Waals surface area contributed by atoms with Crippen LogP contribution in [0, 0.1) is 11.8 Å². The van der Waals surface area contributed by atoms with Crippen LogP contribution < -0.4 is 4.74 Å². The first kappa shape index (κ1) is 14.6. The molecule has 2 heterocycles. The van der Waals surface area contributed by atoms with Crippen LogP contribution in [-0.4, -0.2) is 30.5 Å². The van der Waals surface area contributed by atoms with Crippen LogP contribution in [0.5, 0.6) is 5.75 Å². The molecule has 112 valence electrons. The van der Waals surface area contributed by atoms with Crippen LogP contribution in [-0.2, 0) is 4.79 Å². The maximum absolute atomic E-state index is 12.7. The molecule has 2 aliphatic heterocycles. The van der Waals surface area contributed by atoms with Crippen molar-refractivity contribution in [1.82, 2.24) is 4.90 Å². The van der Waals surface area contributed by atoms with Crippen LogP contribution in [0.3, 0.4) is 0 Å². The first-order chi connectivity index (χ1) is 10.0. The Kier molecular flexibility index (Phi) is 4.07. The molecular weight excluding hydrogens is 330 g/mol. The number of benzene rings is 1. The van der Waals surface area contributed by atoms with Crippen LogP contribution in [0.2, 0.25) is 0 Å². The normalized spacial score (nSPS) is 24.9. The summed E-state index contributed by atoms with van der Waals surface area (Å²) < 4.78 is 6.72. The minimum atomic E-state index is 0.124. The summed E-state index contributed by atoms with van der Waals surface area (Å²) in [5.74, 6) is 2.11. The number of fused-ring (bicyclic) bond motifs is 1. The second-order valence-corrected chi connectivity index (χ2v) is 7.21. The molecule has 0 saturated carbocycles. The van der Waals surface area contributed by atoms with E-state index < -0.39 is 0 Å². The third-order valence-electron chi connectivity index (χ3n) is 4.12. The van der Waals surface area contributed by atoms with Gasteiger partial charge in [0.05, 0.1) is 5.57 Å². The standard InChI is InChI=1S/C17H20BrNO2/c1-11-5-12(2)9-19(8-11)17(20)14-6-13-7-15(18)3-4-16(13)21-10-14/h3-4,6-7,11-12H,5,8-10H2,1-2H3. The van der Waals surface area contributed by atoms with E-state index in [1.807, 2.05) is 29.2 Å². The van der Waals surface area contributed by atoms with Crippen molar-refractivity contribution in [3.63, 3.8) is 0 Å². The number of carbonyl (C=O) groups excluding carboxylic acids is 1. The van der Waals surface area contributed by atoms with Crippen molar-refractivity contribution < 1.29 is 9.53 Å². The average Bonchev–Trinajstić information content (AvgIpc) is 2.44. The van der Waals surface area contributed by atoms with Crippen molar-refractivity contribution in [2.24, 2.45) is 11.8 Å². The molecule has 0 radical (unpaired) electrons. The number of amides is 1. The maximum atomic E-state index is 12.7. The Balaban J connectivity index is 1.82. The highest BCUT2D eigenvalue weighted by Crippen LogP contribution is 2.30. The van der Waals surface area contributed by atoms with Gasteiger partial charge in [-0.05, 0) is 42.5 Å². The summed E-state index contributed by atoms with van der Waals surface area (Å²) in [6.07, 6.45) is 3.17. The topological polar surface area (TPSA) is 29.5 Å². The Morgan fingerprint density at radius 1 is 1.29 bits per heavy atom. The Labute approximate surface area is 134 Å². The molecule has 0 aromatic heterocycles. The zero-order valence-corrected chi connectivity index (χ0v) is 14.0. The fraction of sp³-hybridized carbons (Fsp3) is 0.471. The number of rotatable bonds is 1. The maximum Gasteiger partial charge on any atom is 0.253 e. The summed E-state index contributed by atoms with van der Waals surface area (Å²) in [4.78, 5) is 14.7. The lowest BCUT2D eigenvalue weighted by atomic mass is 9.91. The SMILES string of the molecule is CC1CC(C)CN(C(=O)C2=Cc3cc(Br)ccc3OC2)C1. The third kappa shape index (κ3) is 3.15. The molecule has 1 fully saturated rings. The zero-order chi connectivity index (χ0) is 15.0. The number of nitrogens with zero attached hydrogens (tertiary/aromatic N) is 1. The monoisotopic (exact) mass is 349 g/mol. The van der Waals surface area contributed by atoms with E-state index in [1.54, 1.807) is 0 Å². The zero-order valence-electron chi connectivity index (χ0n) is 12.4. The summed E-state index contributed by atoms with van der Waals surface area (Å²) in [6, 6.07) is 5.87. The molecule has 2 aliphatic rings. The Morgan fingerprint density at radius 2 is 2.00 bits per heavy atom. The van der Waals surface area contributed by atoms with Crippen LogP contribution in [0.15, 0.2) is 28.2 Å². The van der Waals surface area contributed by atoms with Gasteiger partial charge in [0.1, 0.15) is 12.4 Å². The average molecular weight is 350 g/mol. The van der Waals surface area contributed by atoms with Gasteiger partial charge < -0.3 is 9.64 Å². The van der Waals surface area contributed by atoms with Gasteiger partial charge in [-0.3, -0.25) is 4.79 Å². The Morgan fingerprint density at radius 3 is 2.71 bits per heavy atom. The minimum absolute atomic E-state index is 0.124. The Bertz CT molecular complexity index is 586. The number of hydrogen-bond acceptors (Lipinski definition) is 2. The van der Waals surface area contributed by atoms with E-state index in [-0.39, 0.29) is 5.91 Å². The third-order valence-corrected chi connectivity index (χ3v) is 4.61. The second-order valence-electron chi connectivity index (χ2n) is 6.30. The van der Waals surface area contributed by atoms with Crippen LogP contribution in [0.4, 0.5) is 0 Å². The van der Waals surface area contributed by atoms with Crippen molar-refractivity contribution in [1.29, 1.82) is 0 Å². The van der Waals surface area contributed by atoms with Crippen molar-refractivity contribution in [2.45, 2.75) is 20.3 Å². The van der Waals surface area contributed by atoms with E-state index in [4.69, 9.17) is 4.74 Å². The summed E-state index contributed by atoms with van der Waals surface area (Å²) in [5.41, 5.74) is 1.72. The van der Waals surface area contributed by atoms with Gasteiger partial charge >= 0.3 is 0 Å². The summed E-state index contributed by atoms with van der Waals surface area (Å²) in [7, 11) is 0. The Hall–Kier alpha value is -1.29. The van der Waals surface area contributed by atoms with Gasteiger partial charge in [-0.2, -0.15) is 0 Å². The van der Waals surface area contributed by atoms with Gasteiger partial charge in [-0.1, -0.05) is 29.8 Å². The molecule has 0 N–H and O–H groups in total. The van der Waals surface area contributed by atoms with Gasteiger partial charge in [0, 0.05) is 23.1 Å². The van der Waals surface area contributed by atoms with Crippen molar-refractivity contribution in [3.8, 4) is 5.75 Å². The number of likely N-dealkylation sites (tertiary alicyclic amines) is 1. The lowest BCUT2D eigenvalue weighted by Gasteiger charge is -2.35. The van der Waals surface area contributed by atoms with Gasteiger partial charge in [0.25, 0.3) is 5.91 Å². The number of halogens is 1. The van der Waals surface area contributed by atoms with Gasteiger partial charge in [0.15, 0.2) is 0 Å². The van der Waals surface area contributed by atoms with Gasteiger partial charge in [-0.15, -0.1) is 0 Å². The number of hydrogen-bond donors (Lipinski definition) is 0. The molecule has 3 nitrogen and oxygen atoms in total. The summed E-state index contributed by atoms with van der Waals surface area (Å²) in [5, 5.41) is 0. The molecule has 0 aliphatic carbocycles. The minimum Gasteiger partial charge on any atom is -0.488 e. The number of ether oxygens (including phenoxy) is 1. The molecule has 3 rings (SSSR count). The molecular formula is C17H20BrNO2.